The van der Waals surface area contributed by atoms with Crippen LogP contribution in [0.5, 0.6) is 0 Å². The molecule has 2 nitrogen and oxygen atoms in total. The summed E-state index contributed by atoms with van der Waals surface area (Å²) in [6.07, 6.45) is 3.55. The minimum absolute atomic E-state index is 1.13. The number of anilines is 1. The first-order valence-corrected chi connectivity index (χ1v) is 4.01. The molecule has 0 amide bonds. The van der Waals surface area contributed by atoms with Crippen LogP contribution in [-0.2, 0) is 4.18 Å². The van der Waals surface area contributed by atoms with Crippen LogP contribution in [0, 0.1) is 0 Å². The molecule has 0 saturated carbocycles. The molecule has 0 fully saturated rings. The van der Waals surface area contributed by atoms with Crippen molar-refractivity contribution in [1.29, 1.82) is 0 Å². The normalized spacial score (nSPS) is 15.1. The average Bonchev–Trinajstić information content (AvgIpc) is 2.58. The van der Waals surface area contributed by atoms with Crippen LogP contribution < -0.4 is 4.31 Å². The van der Waals surface area contributed by atoms with Gasteiger partial charge in [0, 0.05) is 0 Å². The maximum absolute atomic E-state index is 4.97. The van der Waals surface area contributed by atoms with Crippen LogP contribution in [0.15, 0.2) is 42.8 Å². The van der Waals surface area contributed by atoms with E-state index in [-0.39, 0.29) is 0 Å². The molecule has 0 atom stereocenters. The highest BCUT2D eigenvalue weighted by molar-refractivity contribution is 7.96. The maximum Gasteiger partial charge on any atom is 0.183 e. The van der Waals surface area contributed by atoms with Gasteiger partial charge in [0.25, 0.3) is 0 Å². The molecule has 11 heavy (non-hydrogen) atoms. The van der Waals surface area contributed by atoms with Crippen molar-refractivity contribution in [2.45, 2.75) is 0 Å². The van der Waals surface area contributed by atoms with Gasteiger partial charge in [0.1, 0.15) is 6.26 Å². The first kappa shape index (κ1) is 6.61. The Kier molecular flexibility index (Phi) is 1.73. The summed E-state index contributed by atoms with van der Waals surface area (Å²) in [5, 5.41) is 0. The smallest absolute Gasteiger partial charge is 0.183 e. The fourth-order valence-electron chi connectivity index (χ4n) is 0.880. The van der Waals surface area contributed by atoms with Gasteiger partial charge >= 0.3 is 0 Å². The summed E-state index contributed by atoms with van der Waals surface area (Å²) in [7, 11) is 0. The largest absolute Gasteiger partial charge is 0.411 e. The molecule has 1 aromatic carbocycles. The summed E-state index contributed by atoms with van der Waals surface area (Å²) < 4.78 is 6.93. The summed E-state index contributed by atoms with van der Waals surface area (Å²) in [5.74, 6) is 0. The Balaban J connectivity index is 2.23. The van der Waals surface area contributed by atoms with E-state index in [2.05, 4.69) is 0 Å². The molecular formula is C8H7NOS. The van der Waals surface area contributed by atoms with Gasteiger partial charge < -0.3 is 4.18 Å². The van der Waals surface area contributed by atoms with E-state index in [1.807, 2.05) is 40.8 Å². The van der Waals surface area contributed by atoms with E-state index < -0.39 is 0 Å². The van der Waals surface area contributed by atoms with Gasteiger partial charge in [-0.2, -0.15) is 0 Å². The van der Waals surface area contributed by atoms with Gasteiger partial charge in [-0.1, -0.05) is 18.2 Å². The summed E-state index contributed by atoms with van der Waals surface area (Å²) in [6.45, 7) is 0. The second-order valence-corrected chi connectivity index (χ2v) is 2.85. The van der Waals surface area contributed by atoms with Crippen molar-refractivity contribution < 1.29 is 4.18 Å². The minimum atomic E-state index is 1.13. The van der Waals surface area contributed by atoms with Gasteiger partial charge in [-0.25, -0.2) is 0 Å². The summed E-state index contributed by atoms with van der Waals surface area (Å²) in [5.41, 5.74) is 1.13. The summed E-state index contributed by atoms with van der Waals surface area (Å²) >= 11 is 1.32. The predicted octanol–water partition coefficient (Wildman–Crippen LogP) is 2.56. The Bertz CT molecular complexity index is 260. The third kappa shape index (κ3) is 1.33. The van der Waals surface area contributed by atoms with Crippen molar-refractivity contribution in [1.82, 2.24) is 0 Å². The Morgan fingerprint density at radius 3 is 2.64 bits per heavy atom. The van der Waals surface area contributed by atoms with Gasteiger partial charge in [-0.3, -0.25) is 4.31 Å². The van der Waals surface area contributed by atoms with Crippen molar-refractivity contribution in [3.8, 4) is 0 Å². The highest BCUT2D eigenvalue weighted by atomic mass is 32.2. The quantitative estimate of drug-likeness (QED) is 0.468. The Labute approximate surface area is 69.8 Å². The molecule has 3 heteroatoms. The Morgan fingerprint density at radius 2 is 2.00 bits per heavy atom. The lowest BCUT2D eigenvalue weighted by molar-refractivity contribution is 0.579. The van der Waals surface area contributed by atoms with Crippen LogP contribution in [-0.4, -0.2) is 0 Å². The van der Waals surface area contributed by atoms with Crippen molar-refractivity contribution in [2.75, 3.05) is 4.31 Å². The lowest BCUT2D eigenvalue weighted by atomic mass is 10.3. The van der Waals surface area contributed by atoms with E-state index in [1.54, 1.807) is 6.26 Å². The second kappa shape index (κ2) is 2.88. The molecule has 0 radical (unpaired) electrons. The van der Waals surface area contributed by atoms with Crippen LogP contribution in [0.2, 0.25) is 0 Å². The number of hydrogen-bond acceptors (Lipinski definition) is 3. The second-order valence-electron chi connectivity index (χ2n) is 2.12. The lowest BCUT2D eigenvalue weighted by Gasteiger charge is -2.09. The standard InChI is InChI=1S/C8H7NOS/c1-2-4-8(5-3-1)9-6-7-10-11-9/h1-7H. The van der Waals surface area contributed by atoms with E-state index in [9.17, 15) is 0 Å². The zero-order valence-electron chi connectivity index (χ0n) is 5.81. The van der Waals surface area contributed by atoms with E-state index in [4.69, 9.17) is 4.18 Å². The minimum Gasteiger partial charge on any atom is -0.411 e. The van der Waals surface area contributed by atoms with Crippen molar-refractivity contribution in [3.63, 3.8) is 0 Å². The SMILES string of the molecule is C1=CN(c2ccccc2)SO1. The van der Waals surface area contributed by atoms with Crippen molar-refractivity contribution >= 4 is 17.9 Å². The Hall–Kier alpha value is -1.09. The molecule has 0 aliphatic carbocycles. The first-order chi connectivity index (χ1) is 5.47. The highest BCUT2D eigenvalue weighted by Crippen LogP contribution is 2.27. The molecule has 0 N–H and O–H groups in total. The molecule has 56 valence electrons. The number of para-hydroxylation sites is 1. The van der Waals surface area contributed by atoms with E-state index in [0.29, 0.717) is 0 Å². The number of benzene rings is 1. The summed E-state index contributed by atoms with van der Waals surface area (Å²) in [4.78, 5) is 0. The zero-order valence-corrected chi connectivity index (χ0v) is 6.62. The predicted molar refractivity (Wildman–Crippen MR) is 46.7 cm³/mol. The van der Waals surface area contributed by atoms with E-state index in [0.717, 1.165) is 5.69 Å². The third-order valence-electron chi connectivity index (χ3n) is 1.39. The van der Waals surface area contributed by atoms with E-state index >= 15 is 0 Å². The molecule has 1 aromatic rings. The average molecular weight is 165 g/mol. The molecular weight excluding hydrogens is 158 g/mol. The molecule has 1 aliphatic rings. The van der Waals surface area contributed by atoms with Gasteiger partial charge in [-0.05, 0) is 12.1 Å². The first-order valence-electron chi connectivity index (χ1n) is 3.31. The van der Waals surface area contributed by atoms with Crippen molar-refractivity contribution in [3.05, 3.63) is 42.8 Å². The molecule has 0 bridgehead atoms. The molecule has 0 spiro atoms. The molecule has 1 aliphatic heterocycles. The molecule has 0 unspecified atom stereocenters. The fraction of sp³-hybridized carbons (Fsp3) is 0. The zero-order chi connectivity index (χ0) is 7.52. The molecule has 0 saturated heterocycles. The van der Waals surface area contributed by atoms with Crippen LogP contribution in [0.25, 0.3) is 0 Å². The van der Waals surface area contributed by atoms with Crippen LogP contribution in [0.4, 0.5) is 5.69 Å². The van der Waals surface area contributed by atoms with Gasteiger partial charge in [-0.15, -0.1) is 0 Å². The Morgan fingerprint density at radius 1 is 1.18 bits per heavy atom. The molecule has 2 rings (SSSR count). The lowest BCUT2D eigenvalue weighted by Crippen LogP contribution is -1.99. The van der Waals surface area contributed by atoms with Crippen LogP contribution in [0.3, 0.4) is 0 Å². The fourth-order valence-corrected chi connectivity index (χ4v) is 1.38. The highest BCUT2D eigenvalue weighted by Gasteiger charge is 2.07. The monoisotopic (exact) mass is 165 g/mol. The maximum atomic E-state index is 4.97. The topological polar surface area (TPSA) is 12.5 Å². The van der Waals surface area contributed by atoms with Gasteiger partial charge in [0.2, 0.25) is 0 Å². The summed E-state index contributed by atoms with van der Waals surface area (Å²) in [6, 6.07) is 10.1. The van der Waals surface area contributed by atoms with Gasteiger partial charge in [0.05, 0.1) is 11.9 Å². The number of rotatable bonds is 1. The number of nitrogens with zero attached hydrogens (tertiary/aromatic N) is 1. The van der Waals surface area contributed by atoms with Gasteiger partial charge in [0.15, 0.2) is 12.2 Å². The molecule has 1 heterocycles. The third-order valence-corrected chi connectivity index (χ3v) is 2.08. The van der Waals surface area contributed by atoms with Crippen molar-refractivity contribution in [2.24, 2.45) is 0 Å². The van der Waals surface area contributed by atoms with Crippen LogP contribution >= 0.6 is 12.2 Å². The van der Waals surface area contributed by atoms with E-state index in [1.165, 1.54) is 12.2 Å². The number of hydrogen-bond donors (Lipinski definition) is 0. The molecule has 0 aromatic heterocycles. The van der Waals surface area contributed by atoms with Crippen LogP contribution in [0.1, 0.15) is 0 Å².